The number of ketones is 1. The normalized spacial score (nSPS) is 13.2. The molecule has 0 atom stereocenters. The number of anilines is 1. The van der Waals surface area contributed by atoms with E-state index >= 15 is 0 Å². The van der Waals surface area contributed by atoms with Gasteiger partial charge in [0.2, 0.25) is 0 Å². The van der Waals surface area contributed by atoms with Crippen LogP contribution in [0.25, 0.3) is 0 Å². The van der Waals surface area contributed by atoms with Gasteiger partial charge >= 0.3 is 0 Å². The van der Waals surface area contributed by atoms with Gasteiger partial charge in [-0.3, -0.25) is 9.59 Å². The summed E-state index contributed by atoms with van der Waals surface area (Å²) in [6, 6.07) is 8.78. The number of hydrogen-bond acceptors (Lipinski definition) is 5. The third-order valence-electron chi connectivity index (χ3n) is 2.99. The highest BCUT2D eigenvalue weighted by Crippen LogP contribution is 2.29. The summed E-state index contributed by atoms with van der Waals surface area (Å²) in [6.45, 7) is 0.0132. The summed E-state index contributed by atoms with van der Waals surface area (Å²) < 4.78 is 10.5. The molecule has 2 heterocycles. The molecular formula is C15H13NO4S. The second-order valence-corrected chi connectivity index (χ2v) is 5.53. The van der Waals surface area contributed by atoms with Crippen molar-refractivity contribution in [2.24, 2.45) is 0 Å². The zero-order valence-corrected chi connectivity index (χ0v) is 11.9. The van der Waals surface area contributed by atoms with Crippen LogP contribution in [0, 0.1) is 0 Å². The Kier molecular flexibility index (Phi) is 3.96. The minimum absolute atomic E-state index is 0.00850. The van der Waals surface area contributed by atoms with Gasteiger partial charge in [-0.1, -0.05) is 0 Å². The summed E-state index contributed by atoms with van der Waals surface area (Å²) in [5.41, 5.74) is 1.11. The van der Waals surface area contributed by atoms with Crippen molar-refractivity contribution in [3.63, 3.8) is 0 Å². The van der Waals surface area contributed by atoms with Crippen molar-refractivity contribution >= 4 is 29.1 Å². The molecule has 0 saturated heterocycles. The van der Waals surface area contributed by atoms with Crippen LogP contribution in [0.4, 0.5) is 5.69 Å². The molecular weight excluding hydrogens is 290 g/mol. The molecule has 0 spiro atoms. The molecule has 0 saturated carbocycles. The summed E-state index contributed by atoms with van der Waals surface area (Å²) >= 11 is 1.49. The standard InChI is InChI=1S/C15H13NO4S/c17-13(9-21-8-11-2-1-5-19-11)10-3-4-14-12(6-10)16-15(18)7-20-14/h1-6H,7-9H2,(H,16,18). The Hall–Kier alpha value is -2.21. The van der Waals surface area contributed by atoms with Crippen molar-refractivity contribution in [2.75, 3.05) is 17.7 Å². The molecule has 1 aromatic carbocycles. The third-order valence-corrected chi connectivity index (χ3v) is 3.95. The van der Waals surface area contributed by atoms with E-state index in [0.29, 0.717) is 28.5 Å². The number of carbonyl (C=O) groups is 2. The quantitative estimate of drug-likeness (QED) is 0.860. The van der Waals surface area contributed by atoms with E-state index in [4.69, 9.17) is 9.15 Å². The first-order valence-electron chi connectivity index (χ1n) is 6.42. The van der Waals surface area contributed by atoms with Gasteiger partial charge in [0, 0.05) is 5.56 Å². The number of hydrogen-bond donors (Lipinski definition) is 1. The van der Waals surface area contributed by atoms with E-state index in [1.54, 1.807) is 24.5 Å². The van der Waals surface area contributed by atoms with Crippen LogP contribution >= 0.6 is 11.8 Å². The van der Waals surface area contributed by atoms with Crippen LogP contribution in [0.5, 0.6) is 5.75 Å². The van der Waals surface area contributed by atoms with Gasteiger partial charge in [-0.05, 0) is 30.3 Å². The number of carbonyl (C=O) groups excluding carboxylic acids is 2. The zero-order chi connectivity index (χ0) is 14.7. The molecule has 2 aromatic rings. The highest BCUT2D eigenvalue weighted by Gasteiger charge is 2.17. The first-order chi connectivity index (χ1) is 10.2. The van der Waals surface area contributed by atoms with Gasteiger partial charge in [0.25, 0.3) is 5.91 Å². The number of rotatable bonds is 5. The average molecular weight is 303 g/mol. The van der Waals surface area contributed by atoms with Gasteiger partial charge in [-0.15, -0.1) is 11.8 Å². The highest BCUT2D eigenvalue weighted by molar-refractivity contribution is 7.99. The van der Waals surface area contributed by atoms with Crippen molar-refractivity contribution < 1.29 is 18.7 Å². The lowest BCUT2D eigenvalue weighted by atomic mass is 10.1. The molecule has 0 aliphatic carbocycles. The number of furan rings is 1. The summed E-state index contributed by atoms with van der Waals surface area (Å²) in [5, 5.41) is 2.70. The van der Waals surface area contributed by atoms with Crippen LogP contribution in [0.3, 0.4) is 0 Å². The monoisotopic (exact) mass is 303 g/mol. The fraction of sp³-hybridized carbons (Fsp3) is 0.200. The molecule has 0 fully saturated rings. The first-order valence-corrected chi connectivity index (χ1v) is 7.58. The number of thioether (sulfide) groups is 1. The van der Waals surface area contributed by atoms with Crippen LogP contribution in [-0.2, 0) is 10.5 Å². The molecule has 0 bridgehead atoms. The molecule has 6 heteroatoms. The number of Topliss-reactive ketones (excluding diaryl/α,β-unsaturated/α-hetero) is 1. The summed E-state index contributed by atoms with van der Waals surface area (Å²) in [6.07, 6.45) is 1.61. The zero-order valence-electron chi connectivity index (χ0n) is 11.1. The van der Waals surface area contributed by atoms with Gasteiger partial charge in [0.15, 0.2) is 12.4 Å². The Balaban J connectivity index is 1.62. The van der Waals surface area contributed by atoms with E-state index < -0.39 is 0 Å². The molecule has 3 rings (SSSR count). The Morgan fingerprint density at radius 2 is 2.24 bits per heavy atom. The molecule has 1 aliphatic heterocycles. The van der Waals surface area contributed by atoms with Gasteiger partial charge in [-0.25, -0.2) is 0 Å². The molecule has 5 nitrogen and oxygen atoms in total. The summed E-state index contributed by atoms with van der Waals surface area (Å²) in [4.78, 5) is 23.4. The van der Waals surface area contributed by atoms with Crippen LogP contribution in [0.2, 0.25) is 0 Å². The minimum Gasteiger partial charge on any atom is -0.482 e. The lowest BCUT2D eigenvalue weighted by Crippen LogP contribution is -2.25. The third kappa shape index (κ3) is 3.28. The Labute approximate surface area is 125 Å². The predicted molar refractivity (Wildman–Crippen MR) is 79.8 cm³/mol. The molecule has 108 valence electrons. The number of nitrogens with one attached hydrogen (secondary N) is 1. The van der Waals surface area contributed by atoms with Crippen molar-refractivity contribution in [2.45, 2.75) is 5.75 Å². The highest BCUT2D eigenvalue weighted by atomic mass is 32.2. The van der Waals surface area contributed by atoms with Crippen molar-refractivity contribution in [1.29, 1.82) is 0 Å². The van der Waals surface area contributed by atoms with Gasteiger partial charge in [0.05, 0.1) is 23.5 Å². The maximum atomic E-state index is 12.1. The maximum absolute atomic E-state index is 12.1. The van der Waals surface area contributed by atoms with Crippen LogP contribution < -0.4 is 10.1 Å². The second kappa shape index (κ2) is 6.05. The lowest BCUT2D eigenvalue weighted by molar-refractivity contribution is -0.118. The van der Waals surface area contributed by atoms with Gasteiger partial charge in [0.1, 0.15) is 11.5 Å². The summed E-state index contributed by atoms with van der Waals surface area (Å²) in [7, 11) is 0. The molecule has 0 unspecified atom stereocenters. The topological polar surface area (TPSA) is 68.5 Å². The van der Waals surface area contributed by atoms with Crippen molar-refractivity contribution in [3.05, 3.63) is 47.9 Å². The Morgan fingerprint density at radius 3 is 3.05 bits per heavy atom. The second-order valence-electron chi connectivity index (χ2n) is 4.54. The molecule has 1 N–H and O–H groups in total. The number of amides is 1. The van der Waals surface area contributed by atoms with Crippen LogP contribution in [-0.4, -0.2) is 24.1 Å². The lowest BCUT2D eigenvalue weighted by Gasteiger charge is -2.18. The number of ether oxygens (including phenoxy) is 1. The largest absolute Gasteiger partial charge is 0.482 e. The minimum atomic E-state index is -0.209. The molecule has 1 amide bonds. The van der Waals surface area contributed by atoms with E-state index in [2.05, 4.69) is 5.32 Å². The first kappa shape index (κ1) is 13.8. The molecule has 1 aromatic heterocycles. The molecule has 0 radical (unpaired) electrons. The van der Waals surface area contributed by atoms with E-state index in [0.717, 1.165) is 5.76 Å². The van der Waals surface area contributed by atoms with E-state index in [1.165, 1.54) is 11.8 Å². The number of fused-ring (bicyclic) bond motifs is 1. The van der Waals surface area contributed by atoms with E-state index in [1.807, 2.05) is 12.1 Å². The fourth-order valence-corrected chi connectivity index (χ4v) is 2.80. The van der Waals surface area contributed by atoms with Gasteiger partial charge < -0.3 is 14.5 Å². The van der Waals surface area contributed by atoms with E-state index in [-0.39, 0.29) is 18.3 Å². The molecule has 21 heavy (non-hydrogen) atoms. The van der Waals surface area contributed by atoms with Gasteiger partial charge in [-0.2, -0.15) is 0 Å². The average Bonchev–Trinajstić information content (AvgIpc) is 2.99. The smallest absolute Gasteiger partial charge is 0.262 e. The SMILES string of the molecule is O=C1COc2ccc(C(=O)CSCc3ccco3)cc2N1. The van der Waals surface area contributed by atoms with Crippen molar-refractivity contribution in [3.8, 4) is 5.75 Å². The summed E-state index contributed by atoms with van der Waals surface area (Å²) in [5.74, 6) is 2.25. The van der Waals surface area contributed by atoms with E-state index in [9.17, 15) is 9.59 Å². The van der Waals surface area contributed by atoms with Crippen LogP contribution in [0.1, 0.15) is 16.1 Å². The Morgan fingerprint density at radius 1 is 1.33 bits per heavy atom. The fourth-order valence-electron chi connectivity index (χ4n) is 1.98. The Bertz CT molecular complexity index is 666. The van der Waals surface area contributed by atoms with Crippen LogP contribution in [0.15, 0.2) is 41.0 Å². The molecule has 1 aliphatic rings. The predicted octanol–water partition coefficient (Wildman–Crippen LogP) is 2.73. The number of benzene rings is 1. The van der Waals surface area contributed by atoms with Crippen molar-refractivity contribution in [1.82, 2.24) is 0 Å². The maximum Gasteiger partial charge on any atom is 0.262 e.